The Kier molecular flexibility index (Phi) is 7.85. The highest BCUT2D eigenvalue weighted by molar-refractivity contribution is 6.22. The Labute approximate surface area is 314 Å². The maximum absolute atomic E-state index is 5.36. The van der Waals surface area contributed by atoms with E-state index in [0.29, 0.717) is 0 Å². The van der Waals surface area contributed by atoms with Gasteiger partial charge in [0.15, 0.2) is 0 Å². The molecule has 0 spiro atoms. The van der Waals surface area contributed by atoms with E-state index in [1.165, 1.54) is 32.7 Å². The lowest BCUT2D eigenvalue weighted by atomic mass is 9.92. The van der Waals surface area contributed by atoms with Gasteiger partial charge in [-0.3, -0.25) is 0 Å². The second kappa shape index (κ2) is 13.4. The molecular formula is C52H34N2. The van der Waals surface area contributed by atoms with Gasteiger partial charge in [0.25, 0.3) is 0 Å². The number of hydrogen-bond donors (Lipinski definition) is 0. The monoisotopic (exact) mass is 686 g/mol. The standard InChI is InChI=1S/C52H34N2/c1-4-13-35(14-5-1)42-28-30-48-47(32-42)51-45-22-11-10-15-38(45)27-29-46(51)52(54-48)43-21-12-20-41(31-43)36-23-25-37(26-24-36)44-33-49(39-16-6-2-7-17-39)53-50(34-44)40-18-8-3-9-19-40/h1-34H. The number of pyridine rings is 2. The molecule has 0 amide bonds. The van der Waals surface area contributed by atoms with E-state index in [1.54, 1.807) is 0 Å². The minimum absolute atomic E-state index is 0.961. The zero-order chi connectivity index (χ0) is 35.8. The Bertz CT molecular complexity index is 2890. The van der Waals surface area contributed by atoms with Gasteiger partial charge in [0, 0.05) is 32.8 Å². The van der Waals surface area contributed by atoms with Gasteiger partial charge in [-0.1, -0.05) is 176 Å². The third-order valence-corrected chi connectivity index (χ3v) is 10.4. The van der Waals surface area contributed by atoms with Crippen molar-refractivity contribution in [1.82, 2.24) is 9.97 Å². The minimum Gasteiger partial charge on any atom is -0.248 e. The highest BCUT2D eigenvalue weighted by Gasteiger charge is 2.15. The summed E-state index contributed by atoms with van der Waals surface area (Å²) in [4.78, 5) is 10.4. The molecule has 0 bridgehead atoms. The van der Waals surface area contributed by atoms with Crippen molar-refractivity contribution in [3.63, 3.8) is 0 Å². The number of hydrogen-bond acceptors (Lipinski definition) is 2. The predicted molar refractivity (Wildman–Crippen MR) is 227 cm³/mol. The van der Waals surface area contributed by atoms with Crippen LogP contribution in [0.2, 0.25) is 0 Å². The number of aromatic nitrogens is 2. The van der Waals surface area contributed by atoms with Crippen LogP contribution in [0.4, 0.5) is 0 Å². The minimum atomic E-state index is 0.961. The van der Waals surface area contributed by atoms with Crippen molar-refractivity contribution >= 4 is 32.4 Å². The van der Waals surface area contributed by atoms with E-state index in [9.17, 15) is 0 Å². The van der Waals surface area contributed by atoms with Gasteiger partial charge in [-0.2, -0.15) is 0 Å². The average molecular weight is 687 g/mol. The average Bonchev–Trinajstić information content (AvgIpc) is 3.26. The van der Waals surface area contributed by atoms with Crippen LogP contribution in [0.5, 0.6) is 0 Å². The summed E-state index contributed by atoms with van der Waals surface area (Å²) in [7, 11) is 0. The molecule has 2 aromatic heterocycles. The summed E-state index contributed by atoms with van der Waals surface area (Å²) in [6.07, 6.45) is 0. The van der Waals surface area contributed by atoms with E-state index >= 15 is 0 Å². The molecule has 10 rings (SSSR count). The van der Waals surface area contributed by atoms with Gasteiger partial charge >= 0.3 is 0 Å². The molecule has 2 nitrogen and oxygen atoms in total. The van der Waals surface area contributed by atoms with E-state index in [1.807, 2.05) is 12.1 Å². The second-order valence-corrected chi connectivity index (χ2v) is 13.8. The first-order valence-electron chi connectivity index (χ1n) is 18.4. The summed E-state index contributed by atoms with van der Waals surface area (Å²) in [5, 5.41) is 6.02. The Morgan fingerprint density at radius 2 is 0.778 bits per heavy atom. The fourth-order valence-corrected chi connectivity index (χ4v) is 7.72. The topological polar surface area (TPSA) is 25.8 Å². The van der Waals surface area contributed by atoms with Gasteiger partial charge in [-0.25, -0.2) is 9.97 Å². The van der Waals surface area contributed by atoms with E-state index in [0.717, 1.165) is 66.9 Å². The third kappa shape index (κ3) is 5.81. The molecular weight excluding hydrogens is 653 g/mol. The molecule has 0 unspecified atom stereocenters. The first-order chi connectivity index (χ1) is 26.7. The van der Waals surface area contributed by atoms with Crippen LogP contribution >= 0.6 is 0 Å². The van der Waals surface area contributed by atoms with Crippen molar-refractivity contribution in [2.75, 3.05) is 0 Å². The summed E-state index contributed by atoms with van der Waals surface area (Å²) in [5.41, 5.74) is 14.2. The van der Waals surface area contributed by atoms with Gasteiger partial charge in [-0.15, -0.1) is 0 Å². The smallest absolute Gasteiger partial charge is 0.0788 e. The van der Waals surface area contributed by atoms with Crippen LogP contribution in [0.25, 0.3) is 99.6 Å². The van der Waals surface area contributed by atoms with Gasteiger partial charge in [0.2, 0.25) is 0 Å². The summed E-state index contributed by atoms with van der Waals surface area (Å²) < 4.78 is 0. The lowest BCUT2D eigenvalue weighted by molar-refractivity contribution is 1.32. The maximum Gasteiger partial charge on any atom is 0.0788 e. The molecule has 0 fully saturated rings. The van der Waals surface area contributed by atoms with Crippen LogP contribution in [0.15, 0.2) is 206 Å². The lowest BCUT2D eigenvalue weighted by Crippen LogP contribution is -1.92. The molecule has 0 saturated heterocycles. The number of benzene rings is 8. The van der Waals surface area contributed by atoms with Crippen molar-refractivity contribution in [2.24, 2.45) is 0 Å². The molecule has 0 aliphatic heterocycles. The fraction of sp³-hybridized carbons (Fsp3) is 0. The van der Waals surface area contributed by atoms with E-state index in [2.05, 4.69) is 194 Å². The summed E-state index contributed by atoms with van der Waals surface area (Å²) in [5.74, 6) is 0. The lowest BCUT2D eigenvalue weighted by Gasteiger charge is -2.15. The molecule has 0 aliphatic carbocycles. The number of fused-ring (bicyclic) bond motifs is 5. The van der Waals surface area contributed by atoms with Gasteiger partial charge < -0.3 is 0 Å². The van der Waals surface area contributed by atoms with Crippen molar-refractivity contribution in [3.05, 3.63) is 206 Å². The SMILES string of the molecule is c1ccc(-c2ccc3nc(-c4cccc(-c5ccc(-c6cc(-c7ccccc7)nc(-c7ccccc7)c6)cc5)c4)c4ccc5ccccc5c4c3c2)cc1. The molecule has 8 aromatic carbocycles. The van der Waals surface area contributed by atoms with E-state index in [4.69, 9.17) is 9.97 Å². The summed E-state index contributed by atoms with van der Waals surface area (Å²) in [6, 6.07) is 73.3. The second-order valence-electron chi connectivity index (χ2n) is 13.8. The van der Waals surface area contributed by atoms with E-state index < -0.39 is 0 Å². The molecule has 0 saturated carbocycles. The Morgan fingerprint density at radius 1 is 0.259 bits per heavy atom. The molecule has 0 atom stereocenters. The molecule has 10 aromatic rings. The van der Waals surface area contributed by atoms with Crippen LogP contribution in [0, 0.1) is 0 Å². The predicted octanol–water partition coefficient (Wildman–Crippen LogP) is 13.9. The van der Waals surface area contributed by atoms with Crippen LogP contribution in [-0.2, 0) is 0 Å². The highest BCUT2D eigenvalue weighted by Crippen LogP contribution is 2.40. The molecule has 2 heterocycles. The quantitative estimate of drug-likeness (QED) is 0.163. The Hall–Kier alpha value is -7.16. The van der Waals surface area contributed by atoms with Crippen molar-refractivity contribution in [2.45, 2.75) is 0 Å². The van der Waals surface area contributed by atoms with E-state index in [-0.39, 0.29) is 0 Å². The van der Waals surface area contributed by atoms with Crippen molar-refractivity contribution in [3.8, 4) is 67.2 Å². The van der Waals surface area contributed by atoms with Crippen molar-refractivity contribution in [1.29, 1.82) is 0 Å². The zero-order valence-corrected chi connectivity index (χ0v) is 29.5. The Morgan fingerprint density at radius 3 is 1.46 bits per heavy atom. The van der Waals surface area contributed by atoms with Crippen LogP contribution in [0.3, 0.4) is 0 Å². The van der Waals surface area contributed by atoms with Crippen LogP contribution < -0.4 is 0 Å². The van der Waals surface area contributed by atoms with Crippen LogP contribution in [-0.4, -0.2) is 9.97 Å². The summed E-state index contributed by atoms with van der Waals surface area (Å²) >= 11 is 0. The molecule has 0 radical (unpaired) electrons. The third-order valence-electron chi connectivity index (χ3n) is 10.4. The van der Waals surface area contributed by atoms with Crippen LogP contribution in [0.1, 0.15) is 0 Å². The first kappa shape index (κ1) is 31.6. The van der Waals surface area contributed by atoms with Gasteiger partial charge in [-0.05, 0) is 74.5 Å². The largest absolute Gasteiger partial charge is 0.248 e. The normalized spacial score (nSPS) is 11.3. The molecule has 252 valence electrons. The molecule has 54 heavy (non-hydrogen) atoms. The highest BCUT2D eigenvalue weighted by atomic mass is 14.7. The molecule has 0 aliphatic rings. The summed E-state index contributed by atoms with van der Waals surface area (Å²) in [6.45, 7) is 0. The van der Waals surface area contributed by atoms with Gasteiger partial charge in [0.1, 0.15) is 0 Å². The number of rotatable bonds is 6. The Balaban J connectivity index is 1.06. The molecule has 2 heteroatoms. The van der Waals surface area contributed by atoms with Gasteiger partial charge in [0.05, 0.1) is 22.6 Å². The first-order valence-corrected chi connectivity index (χ1v) is 18.4. The fourth-order valence-electron chi connectivity index (χ4n) is 7.72. The zero-order valence-electron chi connectivity index (χ0n) is 29.5. The number of nitrogens with zero attached hydrogens (tertiary/aromatic N) is 2. The molecule has 0 N–H and O–H groups in total. The maximum atomic E-state index is 5.36. The van der Waals surface area contributed by atoms with Crippen molar-refractivity contribution < 1.29 is 0 Å².